The van der Waals surface area contributed by atoms with Gasteiger partial charge in [0.05, 0.1) is 19.8 Å². The van der Waals surface area contributed by atoms with Crippen molar-refractivity contribution in [1.29, 1.82) is 0 Å². The van der Waals surface area contributed by atoms with E-state index in [0.29, 0.717) is 11.3 Å². The van der Waals surface area contributed by atoms with Crippen LogP contribution in [0.2, 0.25) is 0 Å². The molecule has 0 unspecified atom stereocenters. The minimum atomic E-state index is -0.602. The number of hydrogen-bond donors (Lipinski definition) is 0. The van der Waals surface area contributed by atoms with E-state index < -0.39 is 5.97 Å². The summed E-state index contributed by atoms with van der Waals surface area (Å²) in [5.74, 6) is -0.239. The third kappa shape index (κ3) is 2.07. The summed E-state index contributed by atoms with van der Waals surface area (Å²) in [6.45, 7) is -0.0487. The second kappa shape index (κ2) is 4.91. The summed E-state index contributed by atoms with van der Waals surface area (Å²) in [5.41, 5.74) is 0.700. The van der Waals surface area contributed by atoms with E-state index in [1.54, 1.807) is 31.4 Å². The van der Waals surface area contributed by atoms with Crippen LogP contribution in [0.25, 0.3) is 0 Å². The Morgan fingerprint density at radius 2 is 1.83 bits per heavy atom. The molecule has 0 N–H and O–H groups in total. The summed E-state index contributed by atoms with van der Waals surface area (Å²) in [4.78, 5) is 23.4. The van der Waals surface area contributed by atoms with Gasteiger partial charge in [0, 0.05) is 5.56 Å². The van der Waals surface area contributed by atoms with Crippen molar-refractivity contribution in [2.45, 2.75) is 0 Å². The fourth-order valence-corrected chi connectivity index (χ4v) is 1.68. The number of methoxy groups -OCH3 is 2. The van der Waals surface area contributed by atoms with Crippen LogP contribution in [-0.4, -0.2) is 32.6 Å². The molecule has 0 atom stereocenters. The zero-order chi connectivity index (χ0) is 13.1. The van der Waals surface area contributed by atoms with Crippen molar-refractivity contribution in [2.24, 2.45) is 0 Å². The summed E-state index contributed by atoms with van der Waals surface area (Å²) in [6, 6.07) is 6.62. The lowest BCUT2D eigenvalue weighted by Gasteiger charge is -2.03. The maximum absolute atomic E-state index is 12.2. The topological polar surface area (TPSA) is 61.8 Å². The monoisotopic (exact) mass is 248 g/mol. The molecule has 94 valence electrons. The van der Waals surface area contributed by atoms with Crippen molar-refractivity contribution >= 4 is 11.8 Å². The van der Waals surface area contributed by atoms with Gasteiger partial charge in [0.1, 0.15) is 12.4 Å². The lowest BCUT2D eigenvalue weighted by Crippen LogP contribution is -2.07. The van der Waals surface area contributed by atoms with Crippen molar-refractivity contribution in [3.8, 4) is 5.75 Å². The molecule has 18 heavy (non-hydrogen) atoms. The number of esters is 1. The van der Waals surface area contributed by atoms with Gasteiger partial charge in [0.25, 0.3) is 0 Å². The first-order chi connectivity index (χ1) is 8.67. The molecular weight excluding hydrogens is 236 g/mol. The lowest BCUT2D eigenvalue weighted by molar-refractivity contribution is -0.138. The summed E-state index contributed by atoms with van der Waals surface area (Å²) in [7, 11) is 2.88. The molecule has 1 heterocycles. The average molecular weight is 248 g/mol. The van der Waals surface area contributed by atoms with Crippen molar-refractivity contribution in [3.63, 3.8) is 0 Å². The lowest BCUT2D eigenvalue weighted by atomic mass is 10.0. The highest BCUT2D eigenvalue weighted by Crippen LogP contribution is 2.22. The molecule has 0 fully saturated rings. The van der Waals surface area contributed by atoms with E-state index in [0.717, 1.165) is 0 Å². The number of carbonyl (C=O) groups excluding carboxylic acids is 2. The molecule has 1 aliphatic heterocycles. The average Bonchev–Trinajstić information content (AvgIpc) is 2.79. The smallest absolute Gasteiger partial charge is 0.374 e. The normalized spacial score (nSPS) is 14.4. The predicted octanol–water partition coefficient (Wildman–Crippen LogP) is 1.34. The molecule has 5 heteroatoms. The van der Waals surface area contributed by atoms with E-state index in [4.69, 9.17) is 14.2 Å². The molecule has 0 aliphatic carbocycles. The first-order valence-electron chi connectivity index (χ1n) is 5.30. The Balaban J connectivity index is 2.31. The highest BCUT2D eigenvalue weighted by Gasteiger charge is 2.31. The van der Waals surface area contributed by atoms with Crippen molar-refractivity contribution in [3.05, 3.63) is 41.2 Å². The van der Waals surface area contributed by atoms with Crippen LogP contribution in [0, 0.1) is 0 Å². The van der Waals surface area contributed by atoms with Gasteiger partial charge < -0.3 is 14.2 Å². The molecule has 1 aliphatic rings. The third-order valence-corrected chi connectivity index (χ3v) is 2.64. The fraction of sp³-hybridized carbons (Fsp3) is 0.231. The summed E-state index contributed by atoms with van der Waals surface area (Å²) in [6.07, 6.45) is 0. The quantitative estimate of drug-likeness (QED) is 0.594. The van der Waals surface area contributed by atoms with Crippen LogP contribution < -0.4 is 4.74 Å². The van der Waals surface area contributed by atoms with Crippen molar-refractivity contribution < 1.29 is 23.8 Å². The van der Waals surface area contributed by atoms with Gasteiger partial charge in [0.2, 0.25) is 5.76 Å². The fourth-order valence-electron chi connectivity index (χ4n) is 1.68. The maximum Gasteiger partial charge on any atom is 0.374 e. The number of benzene rings is 1. The van der Waals surface area contributed by atoms with Gasteiger partial charge in [-0.05, 0) is 24.3 Å². The standard InChI is InChI=1S/C13H12O5/c1-16-9-5-3-8(4-6-9)11(14)10-7-18-13(15)12(10)17-2/h3-6H,7H2,1-2H3. The number of ether oxygens (including phenoxy) is 3. The third-order valence-electron chi connectivity index (χ3n) is 2.64. The first-order valence-corrected chi connectivity index (χ1v) is 5.30. The highest BCUT2D eigenvalue weighted by molar-refractivity contribution is 6.14. The molecule has 0 aromatic heterocycles. The van der Waals surface area contributed by atoms with Crippen LogP contribution in [0.15, 0.2) is 35.6 Å². The number of carbonyl (C=O) groups is 2. The van der Waals surface area contributed by atoms with Crippen molar-refractivity contribution in [2.75, 3.05) is 20.8 Å². The highest BCUT2D eigenvalue weighted by atomic mass is 16.6. The Kier molecular flexibility index (Phi) is 3.32. The van der Waals surface area contributed by atoms with Gasteiger partial charge in [-0.1, -0.05) is 0 Å². The Hall–Kier alpha value is -2.30. The Morgan fingerprint density at radius 3 is 2.39 bits per heavy atom. The van der Waals surface area contributed by atoms with Crippen LogP contribution >= 0.6 is 0 Å². The number of Topliss-reactive ketones (excluding diaryl/α,β-unsaturated/α-hetero) is 1. The van der Waals surface area contributed by atoms with E-state index in [2.05, 4.69) is 0 Å². The van der Waals surface area contributed by atoms with Gasteiger partial charge in [0.15, 0.2) is 5.78 Å². The van der Waals surface area contributed by atoms with E-state index in [1.807, 2.05) is 0 Å². The molecular formula is C13H12O5. The molecule has 0 radical (unpaired) electrons. The largest absolute Gasteiger partial charge is 0.497 e. The molecule has 0 amide bonds. The molecule has 2 rings (SSSR count). The van der Waals surface area contributed by atoms with E-state index in [-0.39, 0.29) is 23.7 Å². The number of ketones is 1. The SMILES string of the molecule is COC1=C(C(=O)c2ccc(OC)cc2)COC1=O. The summed E-state index contributed by atoms with van der Waals surface area (Å²) in [5, 5.41) is 0. The molecule has 5 nitrogen and oxygen atoms in total. The predicted molar refractivity (Wildman–Crippen MR) is 62.3 cm³/mol. The minimum Gasteiger partial charge on any atom is -0.497 e. The Bertz CT molecular complexity index is 513. The number of cyclic esters (lactones) is 1. The molecule has 0 bridgehead atoms. The Morgan fingerprint density at radius 1 is 1.17 bits per heavy atom. The summed E-state index contributed by atoms with van der Waals surface area (Å²) < 4.78 is 14.7. The molecule has 1 aromatic rings. The zero-order valence-corrected chi connectivity index (χ0v) is 10.1. The number of rotatable bonds is 4. The Labute approximate surface area is 104 Å². The van der Waals surface area contributed by atoms with Gasteiger partial charge in [-0.3, -0.25) is 4.79 Å². The van der Waals surface area contributed by atoms with Crippen LogP contribution in [0.1, 0.15) is 10.4 Å². The van der Waals surface area contributed by atoms with Gasteiger partial charge in [-0.25, -0.2) is 4.79 Å². The molecule has 1 aromatic carbocycles. The van der Waals surface area contributed by atoms with Crippen molar-refractivity contribution in [1.82, 2.24) is 0 Å². The van der Waals surface area contributed by atoms with E-state index >= 15 is 0 Å². The van der Waals surface area contributed by atoms with Crippen LogP contribution in [0.4, 0.5) is 0 Å². The van der Waals surface area contributed by atoms with E-state index in [1.165, 1.54) is 7.11 Å². The van der Waals surface area contributed by atoms with Crippen LogP contribution in [0.3, 0.4) is 0 Å². The maximum atomic E-state index is 12.2. The van der Waals surface area contributed by atoms with Gasteiger partial charge in [-0.2, -0.15) is 0 Å². The van der Waals surface area contributed by atoms with Gasteiger partial charge >= 0.3 is 5.97 Å². The van der Waals surface area contributed by atoms with E-state index in [9.17, 15) is 9.59 Å². The molecule has 0 saturated heterocycles. The minimum absolute atomic E-state index is 0.0178. The van der Waals surface area contributed by atoms with Crippen LogP contribution in [0.5, 0.6) is 5.75 Å². The molecule has 0 saturated carbocycles. The summed E-state index contributed by atoms with van der Waals surface area (Å²) >= 11 is 0. The van der Waals surface area contributed by atoms with Crippen LogP contribution in [-0.2, 0) is 14.3 Å². The second-order valence-corrected chi connectivity index (χ2v) is 3.65. The zero-order valence-electron chi connectivity index (χ0n) is 10.1. The molecule has 0 spiro atoms. The second-order valence-electron chi connectivity index (χ2n) is 3.65. The number of hydrogen-bond acceptors (Lipinski definition) is 5. The van der Waals surface area contributed by atoms with Gasteiger partial charge in [-0.15, -0.1) is 0 Å². The first kappa shape index (κ1) is 12.2.